The van der Waals surface area contributed by atoms with Crippen LogP contribution in [0.5, 0.6) is 0 Å². The van der Waals surface area contributed by atoms with Crippen LogP contribution in [0.2, 0.25) is 10.0 Å². The number of halogens is 2. The van der Waals surface area contributed by atoms with E-state index in [1.165, 1.54) is 18.3 Å². The molecule has 0 aliphatic heterocycles. The molecule has 7 nitrogen and oxygen atoms in total. The quantitative estimate of drug-likeness (QED) is 0.540. The number of carbonyl (C=O) groups excluding carboxylic acids is 2. The fraction of sp³-hybridized carbons (Fsp3) is 0.222. The lowest BCUT2D eigenvalue weighted by atomic mass is 10.3. The van der Waals surface area contributed by atoms with Crippen LogP contribution in [0.25, 0.3) is 10.7 Å². The first kappa shape index (κ1) is 20.3. The highest BCUT2D eigenvalue weighted by atomic mass is 35.5. The molecular weight excluding hydrogens is 425 g/mol. The van der Waals surface area contributed by atoms with Gasteiger partial charge in [-0.2, -0.15) is 4.98 Å². The molecule has 28 heavy (non-hydrogen) atoms. The second kappa shape index (κ2) is 9.18. The Balaban J connectivity index is 1.49. The van der Waals surface area contributed by atoms with Gasteiger partial charge in [-0.15, -0.1) is 11.3 Å². The molecule has 0 spiro atoms. The summed E-state index contributed by atoms with van der Waals surface area (Å²) >= 11 is 13.4. The highest BCUT2D eigenvalue weighted by Gasteiger charge is 2.20. The van der Waals surface area contributed by atoms with Gasteiger partial charge in [0.1, 0.15) is 0 Å². The van der Waals surface area contributed by atoms with E-state index in [-0.39, 0.29) is 17.9 Å². The number of hydrogen-bond acceptors (Lipinski definition) is 7. The lowest BCUT2D eigenvalue weighted by Crippen LogP contribution is -2.30. The number of aryl methyl sites for hydroxylation is 1. The van der Waals surface area contributed by atoms with Crippen LogP contribution < -0.4 is 5.32 Å². The summed E-state index contributed by atoms with van der Waals surface area (Å²) in [5.41, 5.74) is 0.342. The summed E-state index contributed by atoms with van der Waals surface area (Å²) in [4.78, 5) is 29.3. The average molecular weight is 440 g/mol. The molecule has 1 unspecified atom stereocenters. The Morgan fingerprint density at radius 3 is 2.86 bits per heavy atom. The zero-order valence-electron chi connectivity index (χ0n) is 14.6. The number of nitrogens with zero attached hydrogens (tertiary/aromatic N) is 2. The summed E-state index contributed by atoms with van der Waals surface area (Å²) < 4.78 is 10.3. The van der Waals surface area contributed by atoms with E-state index in [9.17, 15) is 9.59 Å². The van der Waals surface area contributed by atoms with Crippen molar-refractivity contribution in [1.82, 2.24) is 10.1 Å². The lowest BCUT2D eigenvalue weighted by Gasteiger charge is -2.14. The van der Waals surface area contributed by atoms with E-state index in [0.29, 0.717) is 22.4 Å². The second-order valence-corrected chi connectivity index (χ2v) is 7.44. The molecule has 2 aromatic heterocycles. The number of rotatable bonds is 7. The first-order chi connectivity index (χ1) is 13.4. The Morgan fingerprint density at radius 1 is 1.29 bits per heavy atom. The van der Waals surface area contributed by atoms with Gasteiger partial charge in [-0.25, -0.2) is 0 Å². The summed E-state index contributed by atoms with van der Waals surface area (Å²) in [6, 6.07) is 8.61. The summed E-state index contributed by atoms with van der Waals surface area (Å²) in [5, 5.41) is 8.89. The molecule has 1 atom stereocenters. The molecule has 0 aliphatic rings. The first-order valence-electron chi connectivity index (χ1n) is 8.25. The molecule has 0 saturated heterocycles. The second-order valence-electron chi connectivity index (χ2n) is 5.71. The monoisotopic (exact) mass is 439 g/mol. The van der Waals surface area contributed by atoms with Gasteiger partial charge in [0.05, 0.1) is 27.0 Å². The van der Waals surface area contributed by atoms with Gasteiger partial charge in [0.25, 0.3) is 5.91 Å². The summed E-state index contributed by atoms with van der Waals surface area (Å²) in [7, 11) is 0. The lowest BCUT2D eigenvalue weighted by molar-refractivity contribution is -0.153. The van der Waals surface area contributed by atoms with Crippen molar-refractivity contribution >= 4 is 52.1 Å². The molecule has 0 radical (unpaired) electrons. The standard InChI is InChI=1S/C18H15Cl2N3O4S/c1-10(18(25)21-12-5-2-4-11(19)16(12)20)26-15(24)8-7-14-22-17(23-27-14)13-6-3-9-28-13/h2-6,9-10H,7-8H2,1H3,(H,21,25). The Bertz CT molecular complexity index is 975. The van der Waals surface area contributed by atoms with Crippen molar-refractivity contribution < 1.29 is 18.8 Å². The number of carbonyl (C=O) groups is 2. The van der Waals surface area contributed by atoms with E-state index in [4.69, 9.17) is 32.5 Å². The normalized spacial score (nSPS) is 11.8. The number of ether oxygens (including phenoxy) is 1. The van der Waals surface area contributed by atoms with E-state index in [1.807, 2.05) is 17.5 Å². The number of aromatic nitrogens is 2. The van der Waals surface area contributed by atoms with Gasteiger partial charge in [0, 0.05) is 6.42 Å². The van der Waals surface area contributed by atoms with E-state index in [1.54, 1.807) is 18.2 Å². The molecule has 1 N–H and O–H groups in total. The summed E-state index contributed by atoms with van der Waals surface area (Å²) in [5.74, 6) is -0.279. The van der Waals surface area contributed by atoms with Gasteiger partial charge >= 0.3 is 5.97 Å². The largest absolute Gasteiger partial charge is 0.453 e. The third-order valence-electron chi connectivity index (χ3n) is 3.64. The zero-order valence-corrected chi connectivity index (χ0v) is 17.0. The highest BCUT2D eigenvalue weighted by molar-refractivity contribution is 7.13. The van der Waals surface area contributed by atoms with Gasteiger partial charge in [-0.3, -0.25) is 9.59 Å². The van der Waals surface area contributed by atoms with Crippen molar-refractivity contribution in [3.8, 4) is 10.7 Å². The molecule has 3 aromatic rings. The van der Waals surface area contributed by atoms with Crippen LogP contribution in [-0.4, -0.2) is 28.1 Å². The fourth-order valence-electron chi connectivity index (χ4n) is 2.22. The van der Waals surface area contributed by atoms with E-state index >= 15 is 0 Å². The Labute approximate surface area is 174 Å². The van der Waals surface area contributed by atoms with Crippen molar-refractivity contribution in [3.05, 3.63) is 51.6 Å². The molecule has 10 heteroatoms. The van der Waals surface area contributed by atoms with Crippen LogP contribution in [-0.2, 0) is 20.7 Å². The van der Waals surface area contributed by atoms with Crippen molar-refractivity contribution in [2.45, 2.75) is 25.9 Å². The average Bonchev–Trinajstić information content (AvgIpc) is 3.35. The number of nitrogens with one attached hydrogen (secondary N) is 1. The maximum absolute atomic E-state index is 12.2. The number of amides is 1. The number of anilines is 1. The third-order valence-corrected chi connectivity index (χ3v) is 5.32. The SMILES string of the molecule is CC(OC(=O)CCc1nc(-c2cccs2)no1)C(=O)Nc1cccc(Cl)c1Cl. The summed E-state index contributed by atoms with van der Waals surface area (Å²) in [6.07, 6.45) is -0.792. The molecule has 0 aliphatic carbocycles. The van der Waals surface area contributed by atoms with Gasteiger partial charge in [-0.05, 0) is 30.5 Å². The van der Waals surface area contributed by atoms with Crippen LogP contribution in [0.3, 0.4) is 0 Å². The molecular formula is C18H15Cl2N3O4S. The Kier molecular flexibility index (Phi) is 6.66. The topological polar surface area (TPSA) is 94.3 Å². The van der Waals surface area contributed by atoms with Gasteiger partial charge in [0.2, 0.25) is 11.7 Å². The number of thiophene rings is 1. The fourth-order valence-corrected chi connectivity index (χ4v) is 3.21. The van der Waals surface area contributed by atoms with Crippen molar-refractivity contribution in [1.29, 1.82) is 0 Å². The maximum Gasteiger partial charge on any atom is 0.307 e. The molecule has 146 valence electrons. The van der Waals surface area contributed by atoms with E-state index in [2.05, 4.69) is 15.5 Å². The number of hydrogen-bond donors (Lipinski definition) is 1. The molecule has 1 aromatic carbocycles. The number of esters is 1. The zero-order chi connectivity index (χ0) is 20.1. The van der Waals surface area contributed by atoms with Gasteiger partial charge in [0.15, 0.2) is 6.10 Å². The molecule has 0 bridgehead atoms. The van der Waals surface area contributed by atoms with Crippen molar-refractivity contribution in [2.75, 3.05) is 5.32 Å². The van der Waals surface area contributed by atoms with Crippen LogP contribution in [0, 0.1) is 0 Å². The van der Waals surface area contributed by atoms with Crippen molar-refractivity contribution in [3.63, 3.8) is 0 Å². The van der Waals surface area contributed by atoms with Crippen molar-refractivity contribution in [2.24, 2.45) is 0 Å². The first-order valence-corrected chi connectivity index (χ1v) is 9.88. The Morgan fingerprint density at radius 2 is 2.11 bits per heavy atom. The highest BCUT2D eigenvalue weighted by Crippen LogP contribution is 2.29. The van der Waals surface area contributed by atoms with E-state index < -0.39 is 18.0 Å². The third kappa shape index (κ3) is 5.09. The molecule has 2 heterocycles. The predicted octanol–water partition coefficient (Wildman–Crippen LogP) is 4.61. The minimum atomic E-state index is -1.01. The minimum Gasteiger partial charge on any atom is -0.453 e. The molecule has 0 fully saturated rings. The van der Waals surface area contributed by atoms with Crippen LogP contribution in [0.1, 0.15) is 19.2 Å². The molecule has 0 saturated carbocycles. The molecule has 1 amide bonds. The van der Waals surface area contributed by atoms with Crippen LogP contribution in [0.4, 0.5) is 5.69 Å². The smallest absolute Gasteiger partial charge is 0.307 e. The maximum atomic E-state index is 12.2. The molecule has 3 rings (SSSR count). The van der Waals surface area contributed by atoms with E-state index in [0.717, 1.165) is 4.88 Å². The van der Waals surface area contributed by atoms with Gasteiger partial charge in [-0.1, -0.05) is 40.5 Å². The summed E-state index contributed by atoms with van der Waals surface area (Å²) in [6.45, 7) is 1.47. The Hall–Kier alpha value is -2.42. The predicted molar refractivity (Wildman–Crippen MR) is 107 cm³/mol. The van der Waals surface area contributed by atoms with Crippen LogP contribution in [0.15, 0.2) is 40.2 Å². The van der Waals surface area contributed by atoms with Gasteiger partial charge < -0.3 is 14.6 Å². The number of benzene rings is 1. The minimum absolute atomic E-state index is 0.00160. The van der Waals surface area contributed by atoms with Crippen LogP contribution >= 0.6 is 34.5 Å².